The molecule has 1 aliphatic rings. The molecule has 1 aliphatic heterocycles. The van der Waals surface area contributed by atoms with E-state index in [1.807, 2.05) is 0 Å². The third-order valence-electron chi connectivity index (χ3n) is 3.78. The molecule has 0 unspecified atom stereocenters. The van der Waals surface area contributed by atoms with Crippen LogP contribution in [0.15, 0.2) is 11.4 Å². The minimum atomic E-state index is -0.294. The predicted octanol–water partition coefficient (Wildman–Crippen LogP) is -0.727. The second kappa shape index (κ2) is 9.71. The molecule has 0 bridgehead atoms. The van der Waals surface area contributed by atoms with Crippen LogP contribution in [0, 0.1) is 11.8 Å². The zero-order valence-corrected chi connectivity index (χ0v) is 15.6. The molecule has 0 aliphatic carbocycles. The first-order valence-corrected chi connectivity index (χ1v) is 8.11. The van der Waals surface area contributed by atoms with Gasteiger partial charge in [0.2, 0.25) is 0 Å². The number of rotatable bonds is 3. The van der Waals surface area contributed by atoms with Gasteiger partial charge in [0, 0.05) is 40.3 Å². The highest BCUT2D eigenvalue weighted by atomic mass is 16.1. The van der Waals surface area contributed by atoms with E-state index in [1.165, 1.54) is 24.8 Å². The fourth-order valence-electron chi connectivity index (χ4n) is 2.29. The Balaban J connectivity index is 0.000000370. The van der Waals surface area contributed by atoms with Gasteiger partial charge in [-0.05, 0) is 14.0 Å². The first kappa shape index (κ1) is 20.5. The van der Waals surface area contributed by atoms with Gasteiger partial charge in [-0.2, -0.15) is 5.10 Å². The van der Waals surface area contributed by atoms with Gasteiger partial charge < -0.3 is 26.6 Å². The monoisotopic (exact) mass is 347 g/mol. The van der Waals surface area contributed by atoms with Gasteiger partial charge in [-0.1, -0.05) is 12.5 Å². The Bertz CT molecular complexity index is 708. The molecule has 8 nitrogen and oxygen atoms in total. The third kappa shape index (κ3) is 5.81. The standard InChI is InChI=1S/C12H17N5O.C5H12N2/c1-5-6-7-16(3)11-9(14)10(8(2)13)15-17(4)12(11)18;1-7-4-2-6-3-5-7/h2,7,13-14H2,1,3-4H3;6H,2-5H2,1H3. The Labute approximate surface area is 149 Å². The molecule has 0 atom stereocenters. The molecule has 0 spiro atoms. The molecule has 0 amide bonds. The molecule has 1 fully saturated rings. The van der Waals surface area contributed by atoms with Gasteiger partial charge >= 0.3 is 0 Å². The number of aryl methyl sites for hydroxylation is 1. The summed E-state index contributed by atoms with van der Waals surface area (Å²) in [5.41, 5.74) is 12.3. The first-order chi connectivity index (χ1) is 11.8. The number of nitrogens with two attached hydrogens (primary N) is 2. The van der Waals surface area contributed by atoms with Crippen LogP contribution in [0.1, 0.15) is 12.6 Å². The lowest BCUT2D eigenvalue weighted by molar-refractivity contribution is 0.291. The van der Waals surface area contributed by atoms with E-state index in [2.05, 4.69) is 40.8 Å². The largest absolute Gasteiger partial charge is 0.397 e. The van der Waals surface area contributed by atoms with Crippen LogP contribution in [0.2, 0.25) is 0 Å². The summed E-state index contributed by atoms with van der Waals surface area (Å²) in [5, 5.41) is 7.26. The molecule has 0 saturated carbocycles. The van der Waals surface area contributed by atoms with Gasteiger partial charge in [-0.15, -0.1) is 5.92 Å². The minimum absolute atomic E-state index is 0.222. The molecule has 1 saturated heterocycles. The van der Waals surface area contributed by atoms with Crippen LogP contribution in [-0.4, -0.2) is 61.5 Å². The van der Waals surface area contributed by atoms with Crippen LogP contribution in [0.4, 0.5) is 11.4 Å². The maximum atomic E-state index is 12.0. The first-order valence-electron chi connectivity index (χ1n) is 8.11. The van der Waals surface area contributed by atoms with Crippen molar-refractivity contribution < 1.29 is 0 Å². The minimum Gasteiger partial charge on any atom is -0.397 e. The molecule has 2 heterocycles. The van der Waals surface area contributed by atoms with Crippen molar-refractivity contribution >= 4 is 17.1 Å². The second-order valence-electron chi connectivity index (χ2n) is 5.90. The SMILES string of the molecule is C=C(N)c1nn(C)c(=O)c(N(C)CC#CC)c1N.CN1CCNCC1. The quantitative estimate of drug-likeness (QED) is 0.619. The predicted molar refractivity (Wildman–Crippen MR) is 104 cm³/mol. The lowest BCUT2D eigenvalue weighted by Crippen LogP contribution is -2.40. The molecule has 0 aromatic carbocycles. The summed E-state index contributed by atoms with van der Waals surface area (Å²) in [5.74, 6) is 5.63. The summed E-state index contributed by atoms with van der Waals surface area (Å²) < 4.78 is 1.19. The number of aromatic nitrogens is 2. The van der Waals surface area contributed by atoms with Crippen LogP contribution in [-0.2, 0) is 7.05 Å². The Kier molecular flexibility index (Phi) is 7.98. The Morgan fingerprint density at radius 2 is 2.00 bits per heavy atom. The number of hydrogen-bond acceptors (Lipinski definition) is 7. The number of piperazine rings is 1. The molecule has 5 N–H and O–H groups in total. The van der Waals surface area contributed by atoms with E-state index in [0.717, 1.165) is 13.1 Å². The van der Waals surface area contributed by atoms with Gasteiger partial charge in [-0.3, -0.25) is 4.79 Å². The number of anilines is 2. The second-order valence-corrected chi connectivity index (χ2v) is 5.90. The topological polar surface area (TPSA) is 105 Å². The van der Waals surface area contributed by atoms with Crippen molar-refractivity contribution in [3.63, 3.8) is 0 Å². The number of nitrogen functional groups attached to an aromatic ring is 1. The third-order valence-corrected chi connectivity index (χ3v) is 3.78. The van der Waals surface area contributed by atoms with E-state index in [9.17, 15) is 4.79 Å². The van der Waals surface area contributed by atoms with Crippen molar-refractivity contribution in [2.75, 3.05) is 57.5 Å². The van der Waals surface area contributed by atoms with Crippen LogP contribution in [0.25, 0.3) is 5.70 Å². The maximum absolute atomic E-state index is 12.0. The van der Waals surface area contributed by atoms with Gasteiger partial charge in [-0.25, -0.2) is 4.68 Å². The van der Waals surface area contributed by atoms with Crippen LogP contribution in [0.5, 0.6) is 0 Å². The summed E-state index contributed by atoms with van der Waals surface area (Å²) in [7, 11) is 5.43. The van der Waals surface area contributed by atoms with Crippen LogP contribution in [0.3, 0.4) is 0 Å². The molecular formula is C17H29N7O. The van der Waals surface area contributed by atoms with E-state index < -0.39 is 0 Å². The van der Waals surface area contributed by atoms with Gasteiger partial charge in [0.15, 0.2) is 0 Å². The highest BCUT2D eigenvalue weighted by Gasteiger charge is 2.17. The number of hydrogen-bond donors (Lipinski definition) is 3. The zero-order valence-electron chi connectivity index (χ0n) is 15.6. The maximum Gasteiger partial charge on any atom is 0.292 e. The Hall–Kier alpha value is -2.50. The van der Waals surface area contributed by atoms with Crippen molar-refractivity contribution in [2.24, 2.45) is 12.8 Å². The molecule has 1 aromatic rings. The zero-order chi connectivity index (χ0) is 19.0. The fourth-order valence-corrected chi connectivity index (χ4v) is 2.29. The molecule has 8 heteroatoms. The van der Waals surface area contributed by atoms with Crippen molar-refractivity contribution in [1.29, 1.82) is 0 Å². The van der Waals surface area contributed by atoms with E-state index in [-0.39, 0.29) is 16.9 Å². The highest BCUT2D eigenvalue weighted by Crippen LogP contribution is 2.22. The lowest BCUT2D eigenvalue weighted by atomic mass is 10.2. The average molecular weight is 347 g/mol. The lowest BCUT2D eigenvalue weighted by Gasteiger charge is -2.21. The van der Waals surface area contributed by atoms with Crippen molar-refractivity contribution in [1.82, 2.24) is 20.0 Å². The van der Waals surface area contributed by atoms with Gasteiger partial charge in [0.25, 0.3) is 5.56 Å². The summed E-state index contributed by atoms with van der Waals surface area (Å²) in [6.45, 7) is 10.5. The highest BCUT2D eigenvalue weighted by molar-refractivity contribution is 5.78. The Morgan fingerprint density at radius 3 is 2.44 bits per heavy atom. The van der Waals surface area contributed by atoms with Crippen molar-refractivity contribution in [3.8, 4) is 11.8 Å². The summed E-state index contributed by atoms with van der Waals surface area (Å²) >= 11 is 0. The molecule has 1 aromatic heterocycles. The molecular weight excluding hydrogens is 318 g/mol. The smallest absolute Gasteiger partial charge is 0.292 e. The number of nitrogens with one attached hydrogen (secondary N) is 1. The summed E-state index contributed by atoms with van der Waals surface area (Å²) in [6, 6.07) is 0. The summed E-state index contributed by atoms with van der Waals surface area (Å²) in [6.07, 6.45) is 0. The van der Waals surface area contributed by atoms with Crippen molar-refractivity contribution in [2.45, 2.75) is 6.92 Å². The summed E-state index contributed by atoms with van der Waals surface area (Å²) in [4.78, 5) is 16.0. The molecule has 0 radical (unpaired) electrons. The Morgan fingerprint density at radius 1 is 1.40 bits per heavy atom. The van der Waals surface area contributed by atoms with Crippen LogP contribution < -0.4 is 27.2 Å². The van der Waals surface area contributed by atoms with E-state index >= 15 is 0 Å². The van der Waals surface area contributed by atoms with Crippen LogP contribution >= 0.6 is 0 Å². The van der Waals surface area contributed by atoms with Gasteiger partial charge in [0.1, 0.15) is 11.4 Å². The normalized spacial score (nSPS) is 13.9. The molecule has 138 valence electrons. The molecule has 2 rings (SSSR count). The fraction of sp³-hybridized carbons (Fsp3) is 0.529. The van der Waals surface area contributed by atoms with Gasteiger partial charge in [0.05, 0.1) is 17.9 Å². The average Bonchev–Trinajstić information content (AvgIpc) is 2.57. The van der Waals surface area contributed by atoms with E-state index in [4.69, 9.17) is 11.5 Å². The molecule has 25 heavy (non-hydrogen) atoms. The van der Waals surface area contributed by atoms with E-state index in [0.29, 0.717) is 17.9 Å². The number of likely N-dealkylation sites (N-methyl/N-ethyl adjacent to an activating group) is 1. The van der Waals surface area contributed by atoms with E-state index in [1.54, 1.807) is 18.9 Å². The number of nitrogens with zero attached hydrogens (tertiary/aromatic N) is 4. The van der Waals surface area contributed by atoms with Crippen molar-refractivity contribution in [3.05, 3.63) is 22.6 Å².